The van der Waals surface area contributed by atoms with Crippen LogP contribution in [0.15, 0.2) is 82.3 Å². The number of hydrogen-bond acceptors (Lipinski definition) is 5. The Morgan fingerprint density at radius 3 is 2.51 bits per heavy atom. The molecule has 7 nitrogen and oxygen atoms in total. The molecule has 1 heterocycles. The van der Waals surface area contributed by atoms with E-state index in [4.69, 9.17) is 4.74 Å². The number of benzene rings is 3. The number of para-hydroxylation sites is 1. The Bertz CT molecular complexity index is 1520. The number of halogens is 2. The first-order valence-electron chi connectivity index (χ1n) is 11.4. The van der Waals surface area contributed by atoms with Gasteiger partial charge < -0.3 is 15.2 Å². The van der Waals surface area contributed by atoms with Gasteiger partial charge in [-0.1, -0.05) is 48.5 Å². The first kappa shape index (κ1) is 26.1. The number of aromatic carboxylic acids is 1. The summed E-state index contributed by atoms with van der Waals surface area (Å²) in [4.78, 5) is 29.3. The van der Waals surface area contributed by atoms with Crippen LogP contribution in [0.5, 0.6) is 5.75 Å². The van der Waals surface area contributed by atoms with Gasteiger partial charge in [-0.2, -0.15) is 0 Å². The second kappa shape index (κ2) is 10.6. The molecule has 0 fully saturated rings. The van der Waals surface area contributed by atoms with Crippen LogP contribution in [0.1, 0.15) is 40.9 Å². The van der Waals surface area contributed by atoms with Gasteiger partial charge in [0.05, 0.1) is 16.8 Å². The van der Waals surface area contributed by atoms with Crippen molar-refractivity contribution in [1.82, 2.24) is 9.55 Å². The molecular formula is C28H25BrFN3O4. The number of anilines is 1. The lowest BCUT2D eigenvalue weighted by Crippen LogP contribution is -2.34. The molecule has 190 valence electrons. The molecule has 37 heavy (non-hydrogen) atoms. The molecule has 0 aliphatic heterocycles. The van der Waals surface area contributed by atoms with Crippen molar-refractivity contribution in [2.45, 2.75) is 32.9 Å². The van der Waals surface area contributed by atoms with E-state index in [-0.39, 0.29) is 22.6 Å². The normalized spacial score (nSPS) is 11.3. The number of nitrogens with one attached hydrogen (secondary N) is 1. The van der Waals surface area contributed by atoms with Crippen molar-refractivity contribution in [2.24, 2.45) is 0 Å². The number of carbonyl (C=O) groups is 1. The Hall–Kier alpha value is -3.98. The van der Waals surface area contributed by atoms with E-state index in [1.54, 1.807) is 0 Å². The third kappa shape index (κ3) is 5.72. The van der Waals surface area contributed by atoms with Crippen LogP contribution in [0, 0.1) is 12.7 Å². The minimum atomic E-state index is -1.30. The predicted molar refractivity (Wildman–Crippen MR) is 143 cm³/mol. The number of carboxylic acid groups (broad SMARTS) is 1. The summed E-state index contributed by atoms with van der Waals surface area (Å²) in [7, 11) is 0. The predicted octanol–water partition coefficient (Wildman–Crippen LogP) is 6.07. The van der Waals surface area contributed by atoms with Gasteiger partial charge in [0.1, 0.15) is 22.8 Å². The van der Waals surface area contributed by atoms with Crippen LogP contribution in [-0.4, -0.2) is 20.6 Å². The molecule has 0 amide bonds. The second-order valence-corrected chi connectivity index (χ2v) is 9.83. The fraction of sp³-hybridized carbons (Fsp3) is 0.179. The average molecular weight is 566 g/mol. The molecule has 0 atom stereocenters. The van der Waals surface area contributed by atoms with Gasteiger partial charge in [0.2, 0.25) is 0 Å². The summed E-state index contributed by atoms with van der Waals surface area (Å²) in [5, 5.41) is 12.6. The first-order valence-corrected chi connectivity index (χ1v) is 12.2. The summed E-state index contributed by atoms with van der Waals surface area (Å²) in [6.07, 6.45) is 1.38. The maximum Gasteiger partial charge on any atom is 0.335 e. The molecule has 0 aliphatic carbocycles. The van der Waals surface area contributed by atoms with E-state index in [1.165, 1.54) is 23.8 Å². The second-order valence-electron chi connectivity index (χ2n) is 9.02. The molecule has 0 spiro atoms. The molecule has 0 saturated carbocycles. The fourth-order valence-corrected chi connectivity index (χ4v) is 4.35. The van der Waals surface area contributed by atoms with Crippen LogP contribution in [0.4, 0.5) is 10.2 Å². The van der Waals surface area contributed by atoms with Crippen molar-refractivity contribution in [1.29, 1.82) is 0 Å². The van der Waals surface area contributed by atoms with Crippen molar-refractivity contribution in [3.63, 3.8) is 0 Å². The monoisotopic (exact) mass is 565 g/mol. The molecule has 4 rings (SSSR count). The molecule has 0 unspecified atom stereocenters. The van der Waals surface area contributed by atoms with Crippen molar-refractivity contribution in [3.05, 3.63) is 116 Å². The zero-order chi connectivity index (χ0) is 26.7. The highest BCUT2D eigenvalue weighted by molar-refractivity contribution is 9.10. The van der Waals surface area contributed by atoms with Gasteiger partial charge in [-0.15, -0.1) is 0 Å². The van der Waals surface area contributed by atoms with Crippen LogP contribution in [0.25, 0.3) is 5.69 Å². The van der Waals surface area contributed by atoms with Gasteiger partial charge in [0.15, 0.2) is 5.82 Å². The summed E-state index contributed by atoms with van der Waals surface area (Å²) in [6, 6.07) is 19.5. The van der Waals surface area contributed by atoms with Crippen molar-refractivity contribution >= 4 is 27.7 Å². The van der Waals surface area contributed by atoms with Crippen LogP contribution in [0.3, 0.4) is 0 Å². The molecule has 1 aromatic heterocycles. The number of ether oxygens (including phenoxy) is 1. The molecule has 4 aromatic rings. The smallest absolute Gasteiger partial charge is 0.335 e. The summed E-state index contributed by atoms with van der Waals surface area (Å²) in [5.41, 5.74) is 0.426. The third-order valence-corrected chi connectivity index (χ3v) is 6.31. The quantitative estimate of drug-likeness (QED) is 0.269. The van der Waals surface area contributed by atoms with Gasteiger partial charge in [-0.3, -0.25) is 9.36 Å². The Morgan fingerprint density at radius 2 is 1.81 bits per heavy atom. The Balaban J connectivity index is 1.71. The maximum absolute atomic E-state index is 14.5. The molecule has 2 N–H and O–H groups in total. The van der Waals surface area contributed by atoms with E-state index in [1.807, 2.05) is 68.4 Å². The first-order chi connectivity index (χ1) is 17.6. The van der Waals surface area contributed by atoms with Crippen molar-refractivity contribution in [3.8, 4) is 11.4 Å². The maximum atomic E-state index is 14.5. The molecule has 0 aliphatic rings. The van der Waals surface area contributed by atoms with Crippen LogP contribution in [-0.2, 0) is 12.1 Å². The fourth-order valence-electron chi connectivity index (χ4n) is 3.97. The van der Waals surface area contributed by atoms with Crippen LogP contribution in [0.2, 0.25) is 0 Å². The summed E-state index contributed by atoms with van der Waals surface area (Å²) >= 11 is 3.32. The summed E-state index contributed by atoms with van der Waals surface area (Å²) < 4.78 is 22.1. The average Bonchev–Trinajstić information content (AvgIpc) is 2.87. The van der Waals surface area contributed by atoms with Crippen molar-refractivity contribution < 1.29 is 19.0 Å². The highest BCUT2D eigenvalue weighted by Gasteiger charge is 2.27. The van der Waals surface area contributed by atoms with E-state index in [9.17, 15) is 19.1 Å². The number of hydrogen-bond donors (Lipinski definition) is 2. The highest BCUT2D eigenvalue weighted by atomic mass is 79.9. The van der Waals surface area contributed by atoms with Crippen LogP contribution >= 0.6 is 15.9 Å². The van der Waals surface area contributed by atoms with Gasteiger partial charge in [-0.05, 0) is 60.5 Å². The zero-order valence-corrected chi connectivity index (χ0v) is 22.0. The van der Waals surface area contributed by atoms with E-state index in [0.717, 1.165) is 17.2 Å². The minimum absolute atomic E-state index is 0.00206. The van der Waals surface area contributed by atoms with E-state index >= 15 is 0 Å². The lowest BCUT2D eigenvalue weighted by Gasteiger charge is -2.29. The topological polar surface area (TPSA) is 93.4 Å². The molecule has 0 radical (unpaired) electrons. The molecule has 0 bridgehead atoms. The van der Waals surface area contributed by atoms with Crippen LogP contribution < -0.4 is 15.6 Å². The highest BCUT2D eigenvalue weighted by Crippen LogP contribution is 2.32. The standard InChI is InChI=1S/C28H25BrFN3O4/c1-17-21(30)13-19(27(35)36)14-22(17)33-15-24(29)31-25(26(33)34)32-28(2,3)20-11-7-8-12-23(20)37-16-18-9-5-4-6-10-18/h4-15H,16H2,1-3H3,(H,31,32)(H,35,36). The van der Waals surface area contributed by atoms with Crippen molar-refractivity contribution in [2.75, 3.05) is 5.32 Å². The number of rotatable bonds is 8. The van der Waals surface area contributed by atoms with Gasteiger partial charge in [0, 0.05) is 17.3 Å². The number of nitrogens with zero attached hydrogens (tertiary/aromatic N) is 2. The molecule has 3 aromatic carbocycles. The number of carboxylic acids is 1. The lowest BCUT2D eigenvalue weighted by molar-refractivity contribution is 0.0696. The Kier molecular flexibility index (Phi) is 7.45. The van der Waals surface area contributed by atoms with Gasteiger partial charge in [-0.25, -0.2) is 14.2 Å². The van der Waals surface area contributed by atoms with E-state index in [2.05, 4.69) is 26.2 Å². The molecular weight excluding hydrogens is 541 g/mol. The molecule has 9 heteroatoms. The molecule has 0 saturated heterocycles. The minimum Gasteiger partial charge on any atom is -0.489 e. The SMILES string of the molecule is Cc1c(F)cc(C(=O)O)cc1-n1cc(Br)nc(NC(C)(C)c2ccccc2OCc2ccccc2)c1=O. The third-order valence-electron chi connectivity index (χ3n) is 5.93. The van der Waals surface area contributed by atoms with Gasteiger partial charge >= 0.3 is 5.97 Å². The lowest BCUT2D eigenvalue weighted by atomic mass is 9.93. The largest absolute Gasteiger partial charge is 0.489 e. The Labute approximate surface area is 221 Å². The zero-order valence-electron chi connectivity index (χ0n) is 20.5. The Morgan fingerprint density at radius 1 is 1.14 bits per heavy atom. The number of aromatic nitrogens is 2. The van der Waals surface area contributed by atoms with Gasteiger partial charge in [0.25, 0.3) is 5.56 Å². The summed E-state index contributed by atoms with van der Waals surface area (Å²) in [6.45, 7) is 5.63. The summed E-state index contributed by atoms with van der Waals surface area (Å²) in [5.74, 6) is -1.38. The van der Waals surface area contributed by atoms with E-state index in [0.29, 0.717) is 17.0 Å². The van der Waals surface area contributed by atoms with E-state index < -0.39 is 22.9 Å².